The lowest BCUT2D eigenvalue weighted by Gasteiger charge is -2.20. The van der Waals surface area contributed by atoms with Crippen molar-refractivity contribution >= 4 is 5.91 Å². The molecule has 4 heteroatoms. The minimum absolute atomic E-state index is 0.121. The lowest BCUT2D eigenvalue weighted by Crippen LogP contribution is -2.30. The first kappa shape index (κ1) is 13.7. The minimum atomic E-state index is -0.482. The molecule has 0 saturated carbocycles. The van der Waals surface area contributed by atoms with Crippen molar-refractivity contribution in [2.75, 3.05) is 0 Å². The monoisotopic (exact) mass is 287 g/mol. The summed E-state index contributed by atoms with van der Waals surface area (Å²) in [4.78, 5) is 11.7. The molecule has 0 spiro atoms. The Labute approximate surface area is 121 Å². The van der Waals surface area contributed by atoms with E-state index in [9.17, 15) is 13.6 Å². The lowest BCUT2D eigenvalue weighted by atomic mass is 9.88. The Morgan fingerprint density at radius 3 is 2.62 bits per heavy atom. The summed E-state index contributed by atoms with van der Waals surface area (Å²) < 4.78 is 27.3. The molecule has 2 aromatic carbocycles. The smallest absolute Gasteiger partial charge is 0.220 e. The Morgan fingerprint density at radius 1 is 1.10 bits per heavy atom. The number of nitrogens with one attached hydrogen (secondary N) is 1. The third-order valence-electron chi connectivity index (χ3n) is 3.89. The standard InChI is InChI=1S/C17H15F2NO/c18-12-6-7-15(19)13(9-12)14-10-17(21)20-16(14)8-11-4-2-1-3-5-11/h1-7,9,14,16H,8,10H2,(H,20,21). The number of rotatable bonds is 3. The Bertz CT molecular complexity index is 657. The van der Waals surface area contributed by atoms with Gasteiger partial charge in [0, 0.05) is 18.4 Å². The predicted octanol–water partition coefficient (Wildman–Crippen LogP) is 3.18. The quantitative estimate of drug-likeness (QED) is 0.923. The molecule has 0 radical (unpaired) electrons. The molecule has 0 aliphatic carbocycles. The van der Waals surface area contributed by atoms with Gasteiger partial charge in [-0.15, -0.1) is 0 Å². The first-order valence-electron chi connectivity index (χ1n) is 6.92. The topological polar surface area (TPSA) is 29.1 Å². The maximum absolute atomic E-state index is 14.0. The fourth-order valence-corrected chi connectivity index (χ4v) is 2.90. The zero-order valence-electron chi connectivity index (χ0n) is 11.4. The van der Waals surface area contributed by atoms with Crippen LogP contribution in [0.5, 0.6) is 0 Å². The molecule has 2 nitrogen and oxygen atoms in total. The van der Waals surface area contributed by atoms with Crippen LogP contribution in [0, 0.1) is 11.6 Å². The predicted molar refractivity (Wildman–Crippen MR) is 75.8 cm³/mol. The summed E-state index contributed by atoms with van der Waals surface area (Å²) in [5.74, 6) is -1.40. The van der Waals surface area contributed by atoms with E-state index < -0.39 is 11.6 Å². The number of hydrogen-bond acceptors (Lipinski definition) is 1. The first-order valence-corrected chi connectivity index (χ1v) is 6.92. The fraction of sp³-hybridized carbons (Fsp3) is 0.235. The highest BCUT2D eigenvalue weighted by Crippen LogP contribution is 2.32. The van der Waals surface area contributed by atoms with Crippen LogP contribution in [0.1, 0.15) is 23.5 Å². The lowest BCUT2D eigenvalue weighted by molar-refractivity contribution is -0.119. The van der Waals surface area contributed by atoms with Crippen molar-refractivity contribution in [1.29, 1.82) is 0 Å². The van der Waals surface area contributed by atoms with Crippen molar-refractivity contribution in [3.63, 3.8) is 0 Å². The summed E-state index contributed by atoms with van der Waals surface area (Å²) in [6.45, 7) is 0. The van der Waals surface area contributed by atoms with Gasteiger partial charge in [0.15, 0.2) is 0 Å². The minimum Gasteiger partial charge on any atom is -0.352 e. The maximum atomic E-state index is 14.0. The van der Waals surface area contributed by atoms with Gasteiger partial charge in [0.25, 0.3) is 0 Å². The van der Waals surface area contributed by atoms with Gasteiger partial charge >= 0.3 is 0 Å². The number of carbonyl (C=O) groups excluding carboxylic acids is 1. The highest BCUT2D eigenvalue weighted by Gasteiger charge is 2.35. The largest absolute Gasteiger partial charge is 0.352 e. The molecule has 21 heavy (non-hydrogen) atoms. The molecule has 1 aliphatic heterocycles. The van der Waals surface area contributed by atoms with Crippen LogP contribution in [-0.4, -0.2) is 11.9 Å². The molecule has 2 aromatic rings. The van der Waals surface area contributed by atoms with E-state index in [1.807, 2.05) is 30.3 Å². The van der Waals surface area contributed by atoms with E-state index in [-0.39, 0.29) is 29.9 Å². The summed E-state index contributed by atoms with van der Waals surface area (Å²) >= 11 is 0. The van der Waals surface area contributed by atoms with Gasteiger partial charge in [-0.3, -0.25) is 4.79 Å². The average Bonchev–Trinajstić information content (AvgIpc) is 2.83. The third kappa shape index (κ3) is 2.94. The summed E-state index contributed by atoms with van der Waals surface area (Å²) in [5, 5.41) is 2.87. The highest BCUT2D eigenvalue weighted by atomic mass is 19.1. The number of halogens is 2. The van der Waals surface area contributed by atoms with Gasteiger partial charge in [0.05, 0.1) is 0 Å². The molecule has 1 N–H and O–H groups in total. The normalized spacial score (nSPS) is 21.3. The average molecular weight is 287 g/mol. The van der Waals surface area contributed by atoms with Crippen molar-refractivity contribution in [3.05, 3.63) is 71.3 Å². The molecule has 1 saturated heterocycles. The number of amides is 1. The Hall–Kier alpha value is -2.23. The Balaban J connectivity index is 1.89. The molecule has 108 valence electrons. The summed E-state index contributed by atoms with van der Waals surface area (Å²) in [6, 6.07) is 12.9. The molecule has 3 rings (SSSR count). The van der Waals surface area contributed by atoms with E-state index in [0.29, 0.717) is 6.42 Å². The molecular formula is C17H15F2NO. The summed E-state index contributed by atoms with van der Waals surface area (Å²) in [6.07, 6.45) is 0.797. The van der Waals surface area contributed by atoms with Gasteiger partial charge in [0.1, 0.15) is 11.6 Å². The molecule has 2 unspecified atom stereocenters. The molecular weight excluding hydrogens is 272 g/mol. The van der Waals surface area contributed by atoms with Gasteiger partial charge in [-0.25, -0.2) is 8.78 Å². The number of carbonyl (C=O) groups is 1. The molecule has 1 aliphatic rings. The summed E-state index contributed by atoms with van der Waals surface area (Å²) in [7, 11) is 0. The van der Waals surface area contributed by atoms with Crippen LogP contribution in [0.3, 0.4) is 0 Å². The van der Waals surface area contributed by atoms with Crippen LogP contribution in [0.4, 0.5) is 8.78 Å². The van der Waals surface area contributed by atoms with Crippen LogP contribution in [0.25, 0.3) is 0 Å². The second-order valence-electron chi connectivity index (χ2n) is 5.34. The number of benzene rings is 2. The molecule has 0 bridgehead atoms. The van der Waals surface area contributed by atoms with E-state index >= 15 is 0 Å². The van der Waals surface area contributed by atoms with Gasteiger partial charge < -0.3 is 5.32 Å². The third-order valence-corrected chi connectivity index (χ3v) is 3.89. The van der Waals surface area contributed by atoms with Crippen molar-refractivity contribution in [3.8, 4) is 0 Å². The summed E-state index contributed by atoms with van der Waals surface area (Å²) in [5.41, 5.74) is 1.33. The SMILES string of the molecule is O=C1CC(c2cc(F)ccc2F)C(Cc2ccccc2)N1. The van der Waals surface area contributed by atoms with Crippen LogP contribution in [0.2, 0.25) is 0 Å². The van der Waals surface area contributed by atoms with Crippen molar-refractivity contribution < 1.29 is 13.6 Å². The Kier molecular flexibility index (Phi) is 3.69. The van der Waals surface area contributed by atoms with E-state index in [2.05, 4.69) is 5.32 Å². The maximum Gasteiger partial charge on any atom is 0.220 e. The van der Waals surface area contributed by atoms with Gasteiger partial charge in [-0.05, 0) is 35.7 Å². The van der Waals surface area contributed by atoms with E-state index in [1.54, 1.807) is 0 Å². The first-order chi connectivity index (χ1) is 10.1. The van der Waals surface area contributed by atoms with E-state index in [4.69, 9.17) is 0 Å². The van der Waals surface area contributed by atoms with Crippen molar-refractivity contribution in [1.82, 2.24) is 5.32 Å². The molecule has 0 aromatic heterocycles. The van der Waals surface area contributed by atoms with Crippen LogP contribution >= 0.6 is 0 Å². The van der Waals surface area contributed by atoms with Gasteiger partial charge in [-0.2, -0.15) is 0 Å². The fourth-order valence-electron chi connectivity index (χ4n) is 2.90. The second-order valence-corrected chi connectivity index (χ2v) is 5.34. The molecule has 1 amide bonds. The second kappa shape index (κ2) is 5.64. The van der Waals surface area contributed by atoms with E-state index in [0.717, 1.165) is 17.7 Å². The van der Waals surface area contributed by atoms with Gasteiger partial charge in [-0.1, -0.05) is 30.3 Å². The van der Waals surface area contributed by atoms with Gasteiger partial charge in [0.2, 0.25) is 5.91 Å². The van der Waals surface area contributed by atoms with Crippen molar-refractivity contribution in [2.24, 2.45) is 0 Å². The highest BCUT2D eigenvalue weighted by molar-refractivity contribution is 5.80. The zero-order chi connectivity index (χ0) is 14.8. The van der Waals surface area contributed by atoms with E-state index in [1.165, 1.54) is 6.07 Å². The van der Waals surface area contributed by atoms with Crippen LogP contribution in [-0.2, 0) is 11.2 Å². The number of hydrogen-bond donors (Lipinski definition) is 1. The van der Waals surface area contributed by atoms with Crippen LogP contribution < -0.4 is 5.32 Å². The zero-order valence-corrected chi connectivity index (χ0v) is 11.4. The Morgan fingerprint density at radius 2 is 1.86 bits per heavy atom. The molecule has 2 atom stereocenters. The molecule has 1 fully saturated rings. The molecule has 1 heterocycles. The van der Waals surface area contributed by atoms with Crippen molar-refractivity contribution in [2.45, 2.75) is 24.8 Å². The van der Waals surface area contributed by atoms with Crippen LogP contribution in [0.15, 0.2) is 48.5 Å².